The molecule has 0 bridgehead atoms. The predicted octanol–water partition coefficient (Wildman–Crippen LogP) is 3.89. The van der Waals surface area contributed by atoms with Crippen LogP contribution >= 0.6 is 15.9 Å². The Labute approximate surface area is 93.9 Å². The number of hydrogen-bond donors (Lipinski definition) is 0. The molecule has 0 aliphatic rings. The predicted molar refractivity (Wildman–Crippen MR) is 64.3 cm³/mol. The molecule has 1 aromatic carbocycles. The summed E-state index contributed by atoms with van der Waals surface area (Å²) in [7, 11) is 0. The van der Waals surface area contributed by atoms with Gasteiger partial charge in [0.05, 0.1) is 6.61 Å². The van der Waals surface area contributed by atoms with Gasteiger partial charge in [0.25, 0.3) is 0 Å². The minimum absolute atomic E-state index is 0.689. The largest absolute Gasteiger partial charge is 0.378 e. The number of ether oxygens (including phenoxy) is 1. The maximum absolute atomic E-state index is 5.27. The molecule has 14 heavy (non-hydrogen) atoms. The minimum Gasteiger partial charge on any atom is -0.378 e. The van der Waals surface area contributed by atoms with E-state index < -0.39 is 0 Å². The van der Waals surface area contributed by atoms with Crippen molar-refractivity contribution in [1.82, 2.24) is 0 Å². The Morgan fingerprint density at radius 2 is 2.29 bits per heavy atom. The van der Waals surface area contributed by atoms with Crippen LogP contribution in [0.2, 0.25) is 0 Å². The van der Waals surface area contributed by atoms with E-state index in [0.29, 0.717) is 6.61 Å². The summed E-state index contributed by atoms with van der Waals surface area (Å²) in [5.74, 6) is 0. The highest BCUT2D eigenvalue weighted by Gasteiger charge is 1.95. The Balaban J connectivity index is 2.68. The van der Waals surface area contributed by atoms with Gasteiger partial charge in [-0.25, -0.2) is 0 Å². The van der Waals surface area contributed by atoms with Gasteiger partial charge in [-0.05, 0) is 37.1 Å². The summed E-state index contributed by atoms with van der Waals surface area (Å²) in [5, 5.41) is 0. The van der Waals surface area contributed by atoms with E-state index in [0.717, 1.165) is 11.1 Å². The first-order valence-electron chi connectivity index (χ1n) is 4.74. The van der Waals surface area contributed by atoms with Crippen LogP contribution < -0.4 is 0 Å². The fourth-order valence-corrected chi connectivity index (χ4v) is 1.55. The van der Waals surface area contributed by atoms with Gasteiger partial charge in [0.15, 0.2) is 0 Å². The van der Waals surface area contributed by atoms with Crippen LogP contribution in [0.4, 0.5) is 0 Å². The monoisotopic (exact) mass is 254 g/mol. The number of rotatable bonds is 4. The van der Waals surface area contributed by atoms with Gasteiger partial charge in [-0.15, -0.1) is 0 Å². The highest BCUT2D eigenvalue weighted by Crippen LogP contribution is 2.18. The van der Waals surface area contributed by atoms with Gasteiger partial charge in [-0.1, -0.05) is 34.1 Å². The van der Waals surface area contributed by atoms with Crippen LogP contribution in [0, 0.1) is 0 Å². The zero-order chi connectivity index (χ0) is 10.4. The highest BCUT2D eigenvalue weighted by molar-refractivity contribution is 9.10. The van der Waals surface area contributed by atoms with Crippen molar-refractivity contribution < 1.29 is 4.74 Å². The molecule has 1 nitrogen and oxygen atoms in total. The van der Waals surface area contributed by atoms with Crippen LogP contribution in [0.3, 0.4) is 0 Å². The third kappa shape index (κ3) is 3.64. The van der Waals surface area contributed by atoms with Gasteiger partial charge in [0, 0.05) is 11.1 Å². The Morgan fingerprint density at radius 1 is 1.50 bits per heavy atom. The lowest BCUT2D eigenvalue weighted by atomic mass is 10.1. The Bertz CT molecular complexity index is 318. The quantitative estimate of drug-likeness (QED) is 0.741. The molecule has 1 rings (SSSR count). The van der Waals surface area contributed by atoms with Crippen LogP contribution in [0.1, 0.15) is 19.4 Å². The average molecular weight is 255 g/mol. The van der Waals surface area contributed by atoms with E-state index in [4.69, 9.17) is 4.74 Å². The zero-order valence-corrected chi connectivity index (χ0v) is 10.2. The molecule has 1 aromatic rings. The van der Waals surface area contributed by atoms with Crippen molar-refractivity contribution in [3.63, 3.8) is 0 Å². The van der Waals surface area contributed by atoms with Crippen molar-refractivity contribution >= 4 is 21.5 Å². The second kappa shape index (κ2) is 5.99. The summed E-state index contributed by atoms with van der Waals surface area (Å²) in [6, 6.07) is 8.27. The Hall–Kier alpha value is -0.600. The number of benzene rings is 1. The Morgan fingerprint density at radius 3 is 2.93 bits per heavy atom. The molecule has 0 heterocycles. The van der Waals surface area contributed by atoms with Gasteiger partial charge in [0.2, 0.25) is 0 Å². The lowest BCUT2D eigenvalue weighted by Crippen LogP contribution is -1.90. The van der Waals surface area contributed by atoms with Crippen molar-refractivity contribution in [2.24, 2.45) is 0 Å². The molecule has 0 unspecified atom stereocenters. The van der Waals surface area contributed by atoms with Crippen molar-refractivity contribution in [2.75, 3.05) is 13.2 Å². The second-order valence-electron chi connectivity index (χ2n) is 3.06. The molecular formula is C12H15BrO. The van der Waals surface area contributed by atoms with Gasteiger partial charge in [-0.2, -0.15) is 0 Å². The van der Waals surface area contributed by atoms with E-state index in [1.807, 2.05) is 19.1 Å². The lowest BCUT2D eigenvalue weighted by molar-refractivity contribution is 0.178. The molecule has 0 aromatic heterocycles. The first kappa shape index (κ1) is 11.5. The topological polar surface area (TPSA) is 9.23 Å². The normalized spacial score (nSPS) is 11.8. The van der Waals surface area contributed by atoms with E-state index in [1.165, 1.54) is 11.1 Å². The van der Waals surface area contributed by atoms with Gasteiger partial charge < -0.3 is 4.74 Å². The molecule has 0 radical (unpaired) electrons. The van der Waals surface area contributed by atoms with E-state index in [-0.39, 0.29) is 0 Å². The van der Waals surface area contributed by atoms with Crippen molar-refractivity contribution in [2.45, 2.75) is 13.8 Å². The van der Waals surface area contributed by atoms with Crippen LogP contribution in [0.5, 0.6) is 0 Å². The minimum atomic E-state index is 0.689. The van der Waals surface area contributed by atoms with Gasteiger partial charge in [0.1, 0.15) is 0 Å². The molecule has 0 saturated carbocycles. The fourth-order valence-electron chi connectivity index (χ4n) is 1.15. The lowest BCUT2D eigenvalue weighted by Gasteiger charge is -2.02. The number of hydrogen-bond acceptors (Lipinski definition) is 1. The molecule has 2 heteroatoms. The maximum Gasteiger partial charge on any atom is 0.0653 e. The third-order valence-corrected chi connectivity index (χ3v) is 2.48. The highest BCUT2D eigenvalue weighted by atomic mass is 79.9. The molecule has 0 aliphatic carbocycles. The fraction of sp³-hybridized carbons (Fsp3) is 0.333. The summed E-state index contributed by atoms with van der Waals surface area (Å²) < 4.78 is 6.38. The number of halogens is 1. The molecule has 0 aliphatic heterocycles. The number of allylic oxidation sites excluding steroid dienone is 1. The average Bonchev–Trinajstić information content (AvgIpc) is 2.18. The molecular weight excluding hydrogens is 240 g/mol. The van der Waals surface area contributed by atoms with Gasteiger partial charge >= 0.3 is 0 Å². The molecule has 0 amide bonds. The third-order valence-electron chi connectivity index (χ3n) is 1.99. The molecule has 0 fully saturated rings. The van der Waals surface area contributed by atoms with E-state index in [2.05, 4.69) is 41.1 Å². The van der Waals surface area contributed by atoms with Crippen molar-refractivity contribution in [1.29, 1.82) is 0 Å². The van der Waals surface area contributed by atoms with Crippen LogP contribution in [-0.4, -0.2) is 13.2 Å². The van der Waals surface area contributed by atoms with E-state index in [9.17, 15) is 0 Å². The first-order chi connectivity index (χ1) is 6.74. The molecule has 0 spiro atoms. The summed E-state index contributed by atoms with van der Waals surface area (Å²) in [4.78, 5) is 0. The van der Waals surface area contributed by atoms with Crippen LogP contribution in [0.15, 0.2) is 34.8 Å². The van der Waals surface area contributed by atoms with Crippen molar-refractivity contribution in [3.8, 4) is 0 Å². The van der Waals surface area contributed by atoms with Crippen molar-refractivity contribution in [3.05, 3.63) is 40.4 Å². The van der Waals surface area contributed by atoms with Crippen LogP contribution in [0.25, 0.3) is 5.57 Å². The molecule has 0 saturated heterocycles. The summed E-state index contributed by atoms with van der Waals surface area (Å²) >= 11 is 3.45. The summed E-state index contributed by atoms with van der Waals surface area (Å²) in [5.41, 5.74) is 2.49. The summed E-state index contributed by atoms with van der Waals surface area (Å²) in [6.45, 7) is 5.56. The molecule has 76 valence electrons. The van der Waals surface area contributed by atoms with E-state index in [1.54, 1.807) is 0 Å². The molecule has 0 atom stereocenters. The zero-order valence-electron chi connectivity index (χ0n) is 8.59. The second-order valence-corrected chi connectivity index (χ2v) is 3.97. The first-order valence-corrected chi connectivity index (χ1v) is 5.53. The standard InChI is InChI=1S/C12H15BrO/c1-3-14-8-7-10(2)11-5-4-6-12(13)9-11/h4-7,9H,3,8H2,1-2H3/b10-7+. The smallest absolute Gasteiger partial charge is 0.0653 e. The van der Waals surface area contributed by atoms with E-state index >= 15 is 0 Å². The SMILES string of the molecule is CCOC/C=C(\C)c1cccc(Br)c1. The maximum atomic E-state index is 5.27. The van der Waals surface area contributed by atoms with Crippen LogP contribution in [-0.2, 0) is 4.74 Å². The van der Waals surface area contributed by atoms with Gasteiger partial charge in [-0.3, -0.25) is 0 Å². The Kier molecular flexibility index (Phi) is 4.91. The summed E-state index contributed by atoms with van der Waals surface area (Å²) in [6.07, 6.45) is 2.10. The molecule has 0 N–H and O–H groups in total.